The van der Waals surface area contributed by atoms with Gasteiger partial charge in [-0.05, 0) is 22.6 Å². The fourth-order valence-corrected chi connectivity index (χ4v) is 2.24. The molecule has 0 aromatic carbocycles. The first-order valence-corrected chi connectivity index (χ1v) is 4.26. The van der Waals surface area contributed by atoms with Crippen molar-refractivity contribution in [2.75, 3.05) is 0 Å². The van der Waals surface area contributed by atoms with Crippen LogP contribution in [0.1, 0.15) is 0 Å². The van der Waals surface area contributed by atoms with Gasteiger partial charge in [-0.3, -0.25) is 0 Å². The second-order valence-corrected chi connectivity index (χ2v) is 4.53. The predicted molar refractivity (Wildman–Crippen MR) is 45.4 cm³/mol. The summed E-state index contributed by atoms with van der Waals surface area (Å²) in [5.74, 6) is -0.0280. The highest BCUT2D eigenvalue weighted by molar-refractivity contribution is 14.1. The highest BCUT2D eigenvalue weighted by Crippen LogP contribution is 2.43. The van der Waals surface area contributed by atoms with E-state index in [0.29, 0.717) is 2.88 Å². The minimum Gasteiger partial charge on any atom is -0.504 e. The molecule has 0 atom stereocenters. The molecule has 1 aromatic rings. The topological polar surface area (TPSA) is 40.5 Å². The lowest BCUT2D eigenvalue weighted by Crippen LogP contribution is -1.57. The lowest BCUT2D eigenvalue weighted by atomic mass is 10.6. The van der Waals surface area contributed by atoms with Gasteiger partial charge in [-0.25, -0.2) is 0 Å². The SMILES string of the molecule is Oc1sc(I)c(O)c1Cl. The van der Waals surface area contributed by atoms with Crippen LogP contribution >= 0.6 is 45.5 Å². The Balaban J connectivity index is 3.29. The molecule has 0 radical (unpaired) electrons. The van der Waals surface area contributed by atoms with Crippen LogP contribution in [0.15, 0.2) is 0 Å². The van der Waals surface area contributed by atoms with Gasteiger partial charge in [0.25, 0.3) is 0 Å². The molecule has 2 nitrogen and oxygen atoms in total. The van der Waals surface area contributed by atoms with Gasteiger partial charge in [0.1, 0.15) is 7.91 Å². The number of hydrogen-bond donors (Lipinski definition) is 2. The molecule has 0 bridgehead atoms. The van der Waals surface area contributed by atoms with Crippen molar-refractivity contribution in [2.24, 2.45) is 0 Å². The first kappa shape index (κ1) is 7.43. The molecule has 0 fully saturated rings. The van der Waals surface area contributed by atoms with Gasteiger partial charge in [-0.15, -0.1) is 0 Å². The van der Waals surface area contributed by atoms with E-state index in [4.69, 9.17) is 21.8 Å². The number of thiophene rings is 1. The normalized spacial score (nSPS) is 10.0. The maximum atomic E-state index is 8.94. The van der Waals surface area contributed by atoms with Crippen LogP contribution in [0.25, 0.3) is 0 Å². The van der Waals surface area contributed by atoms with E-state index in [9.17, 15) is 0 Å². The molecule has 5 heteroatoms. The number of halogens is 2. The van der Waals surface area contributed by atoms with Crippen molar-refractivity contribution >= 4 is 45.5 Å². The molecule has 0 aliphatic heterocycles. The molecule has 1 aromatic heterocycles. The summed E-state index contributed by atoms with van der Waals surface area (Å²) in [7, 11) is 0. The summed E-state index contributed by atoms with van der Waals surface area (Å²) in [4.78, 5) is 0. The summed E-state index contributed by atoms with van der Waals surface area (Å²) in [5.41, 5.74) is 0. The molecular formula is C4H2ClIO2S. The van der Waals surface area contributed by atoms with E-state index in [1.54, 1.807) is 0 Å². The highest BCUT2D eigenvalue weighted by Gasteiger charge is 2.11. The van der Waals surface area contributed by atoms with Gasteiger partial charge in [0.05, 0.1) is 0 Å². The quantitative estimate of drug-likeness (QED) is 0.715. The summed E-state index contributed by atoms with van der Waals surface area (Å²) in [6.45, 7) is 0. The Bertz CT molecular complexity index is 212. The molecule has 1 heterocycles. The van der Waals surface area contributed by atoms with E-state index in [0.717, 1.165) is 11.3 Å². The summed E-state index contributed by atoms with van der Waals surface area (Å²) in [5, 5.41) is 17.8. The smallest absolute Gasteiger partial charge is 0.195 e. The molecule has 2 N–H and O–H groups in total. The van der Waals surface area contributed by atoms with Crippen LogP contribution in [0.2, 0.25) is 5.02 Å². The van der Waals surface area contributed by atoms with Crippen molar-refractivity contribution in [1.29, 1.82) is 0 Å². The van der Waals surface area contributed by atoms with Crippen molar-refractivity contribution in [2.45, 2.75) is 0 Å². The second-order valence-electron chi connectivity index (χ2n) is 1.34. The standard InChI is InChI=1S/C4H2ClIO2S/c5-1-2(7)3(6)9-4(1)8/h7-8H. The van der Waals surface area contributed by atoms with E-state index < -0.39 is 0 Å². The molecule has 0 saturated carbocycles. The van der Waals surface area contributed by atoms with Crippen LogP contribution in [0.5, 0.6) is 10.8 Å². The third-order valence-corrected chi connectivity index (χ3v) is 3.18. The average molecular weight is 276 g/mol. The maximum Gasteiger partial charge on any atom is 0.195 e. The van der Waals surface area contributed by atoms with Crippen LogP contribution in [0.3, 0.4) is 0 Å². The number of aromatic hydroxyl groups is 2. The summed E-state index contributed by atoms with van der Waals surface area (Å²) in [6, 6.07) is 0. The number of rotatable bonds is 0. The van der Waals surface area contributed by atoms with Crippen molar-refractivity contribution in [1.82, 2.24) is 0 Å². The van der Waals surface area contributed by atoms with E-state index >= 15 is 0 Å². The van der Waals surface area contributed by atoms with Crippen LogP contribution in [-0.2, 0) is 0 Å². The van der Waals surface area contributed by atoms with E-state index in [1.807, 2.05) is 22.6 Å². The molecular weight excluding hydrogens is 274 g/mol. The Morgan fingerprint density at radius 3 is 2.11 bits per heavy atom. The Kier molecular flexibility index (Phi) is 2.07. The predicted octanol–water partition coefficient (Wildman–Crippen LogP) is 2.42. The molecule has 0 amide bonds. The third-order valence-electron chi connectivity index (χ3n) is 0.768. The lowest BCUT2D eigenvalue weighted by molar-refractivity contribution is 0.463. The zero-order valence-electron chi connectivity index (χ0n) is 4.06. The fourth-order valence-electron chi connectivity index (χ4n) is 0.366. The fraction of sp³-hybridized carbons (Fsp3) is 0. The number of hydrogen-bond acceptors (Lipinski definition) is 3. The van der Waals surface area contributed by atoms with Crippen LogP contribution in [-0.4, -0.2) is 10.2 Å². The zero-order chi connectivity index (χ0) is 7.02. The lowest BCUT2D eigenvalue weighted by Gasteiger charge is -1.83. The van der Waals surface area contributed by atoms with Crippen LogP contribution < -0.4 is 0 Å². The summed E-state index contributed by atoms with van der Waals surface area (Å²) >= 11 is 8.36. The summed E-state index contributed by atoms with van der Waals surface area (Å²) < 4.78 is 0.607. The molecule has 0 spiro atoms. The molecule has 50 valence electrons. The van der Waals surface area contributed by atoms with Crippen LogP contribution in [0.4, 0.5) is 0 Å². The van der Waals surface area contributed by atoms with Crippen molar-refractivity contribution in [3.63, 3.8) is 0 Å². The molecule has 0 unspecified atom stereocenters. The average Bonchev–Trinajstić information content (AvgIpc) is 1.98. The van der Waals surface area contributed by atoms with Gasteiger partial charge >= 0.3 is 0 Å². The molecule has 9 heavy (non-hydrogen) atoms. The maximum absolute atomic E-state index is 8.94. The van der Waals surface area contributed by atoms with Crippen molar-refractivity contribution < 1.29 is 10.2 Å². The van der Waals surface area contributed by atoms with E-state index in [2.05, 4.69) is 0 Å². The van der Waals surface area contributed by atoms with Gasteiger partial charge < -0.3 is 10.2 Å². The Labute approximate surface area is 74.2 Å². The second kappa shape index (κ2) is 2.51. The Morgan fingerprint density at radius 2 is 2.00 bits per heavy atom. The molecule has 0 aliphatic rings. The van der Waals surface area contributed by atoms with Gasteiger partial charge in [-0.1, -0.05) is 22.9 Å². The summed E-state index contributed by atoms with van der Waals surface area (Å²) in [6.07, 6.45) is 0. The van der Waals surface area contributed by atoms with Crippen molar-refractivity contribution in [3.05, 3.63) is 7.91 Å². The van der Waals surface area contributed by atoms with Gasteiger partial charge in [-0.2, -0.15) is 0 Å². The highest BCUT2D eigenvalue weighted by atomic mass is 127. The molecule has 0 saturated heterocycles. The first-order valence-electron chi connectivity index (χ1n) is 1.98. The first-order chi connectivity index (χ1) is 4.13. The molecule has 0 aliphatic carbocycles. The van der Waals surface area contributed by atoms with Gasteiger partial charge in [0.15, 0.2) is 10.8 Å². The minimum atomic E-state index is -0.0291. The Morgan fingerprint density at radius 1 is 1.44 bits per heavy atom. The van der Waals surface area contributed by atoms with Gasteiger partial charge in [0, 0.05) is 0 Å². The van der Waals surface area contributed by atoms with Crippen molar-refractivity contribution in [3.8, 4) is 10.8 Å². The third kappa shape index (κ3) is 1.25. The van der Waals surface area contributed by atoms with Crippen LogP contribution in [0, 0.1) is 2.88 Å². The largest absolute Gasteiger partial charge is 0.504 e. The minimum absolute atomic E-state index is 0.0280. The van der Waals surface area contributed by atoms with Gasteiger partial charge in [0.2, 0.25) is 0 Å². The van der Waals surface area contributed by atoms with E-state index in [-0.39, 0.29) is 15.8 Å². The van der Waals surface area contributed by atoms with E-state index in [1.165, 1.54) is 0 Å². The zero-order valence-corrected chi connectivity index (χ0v) is 7.79. The monoisotopic (exact) mass is 276 g/mol. The molecule has 1 rings (SSSR count). The Hall–Kier alpha value is 0.320.